The Morgan fingerprint density at radius 1 is 1.52 bits per heavy atom. The maximum Gasteiger partial charge on any atom is 0.387 e. The molecule has 2 aromatic rings. The first-order valence-corrected chi connectivity index (χ1v) is 6.57. The van der Waals surface area contributed by atoms with E-state index in [0.29, 0.717) is 0 Å². The van der Waals surface area contributed by atoms with Gasteiger partial charge in [0.15, 0.2) is 5.75 Å². The van der Waals surface area contributed by atoms with Gasteiger partial charge in [-0.05, 0) is 38.5 Å². The van der Waals surface area contributed by atoms with Crippen molar-refractivity contribution in [3.8, 4) is 5.75 Å². The number of anilines is 1. The predicted octanol–water partition coefficient (Wildman–Crippen LogP) is 2.33. The van der Waals surface area contributed by atoms with Crippen LogP contribution in [0.1, 0.15) is 0 Å². The number of benzene rings is 1. The highest BCUT2D eigenvalue weighted by molar-refractivity contribution is 9.10. The summed E-state index contributed by atoms with van der Waals surface area (Å²) < 4.78 is 30.5. The van der Waals surface area contributed by atoms with Crippen LogP contribution < -0.4 is 10.1 Å². The standard InChI is InChI=1S/C10H7BrClF2N5O2/c11-6-1-5(12)2-7(9(6)21-10(13)14)16-8(20)3-19-4-15-17-18-19/h1-2,4,10H,3H2,(H,16,20). The lowest BCUT2D eigenvalue weighted by Crippen LogP contribution is -2.20. The summed E-state index contributed by atoms with van der Waals surface area (Å²) in [6.07, 6.45) is 1.24. The third-order valence-corrected chi connectivity index (χ3v) is 2.99. The van der Waals surface area contributed by atoms with Gasteiger partial charge in [-0.25, -0.2) is 4.68 Å². The SMILES string of the molecule is O=C(Cn1cnnn1)Nc1cc(Cl)cc(Br)c1OC(F)F. The zero-order valence-electron chi connectivity index (χ0n) is 10.1. The quantitative estimate of drug-likeness (QED) is 0.858. The van der Waals surface area contributed by atoms with Crippen LogP contribution >= 0.6 is 27.5 Å². The minimum atomic E-state index is -3.04. The van der Waals surface area contributed by atoms with Crippen LogP contribution in [0.15, 0.2) is 22.9 Å². The summed E-state index contributed by atoms with van der Waals surface area (Å²) in [5.74, 6) is -0.755. The minimum Gasteiger partial charge on any atom is -0.431 e. The van der Waals surface area contributed by atoms with Gasteiger partial charge >= 0.3 is 6.61 Å². The molecule has 0 aliphatic rings. The number of tetrazole rings is 1. The lowest BCUT2D eigenvalue weighted by molar-refractivity contribution is -0.117. The van der Waals surface area contributed by atoms with E-state index in [0.717, 1.165) is 0 Å². The van der Waals surface area contributed by atoms with E-state index < -0.39 is 12.5 Å². The van der Waals surface area contributed by atoms with Crippen LogP contribution in [-0.2, 0) is 11.3 Å². The number of carbonyl (C=O) groups excluding carboxylic acids is 1. The van der Waals surface area contributed by atoms with Gasteiger partial charge in [-0.2, -0.15) is 8.78 Å². The fourth-order valence-electron chi connectivity index (χ4n) is 1.45. The number of hydrogen-bond donors (Lipinski definition) is 1. The maximum atomic E-state index is 12.4. The number of amides is 1. The van der Waals surface area contributed by atoms with E-state index in [9.17, 15) is 13.6 Å². The fraction of sp³-hybridized carbons (Fsp3) is 0.200. The van der Waals surface area contributed by atoms with E-state index in [2.05, 4.69) is 41.5 Å². The molecule has 0 atom stereocenters. The molecular weight excluding hydrogens is 375 g/mol. The van der Waals surface area contributed by atoms with Crippen molar-refractivity contribution in [1.29, 1.82) is 0 Å². The maximum absolute atomic E-state index is 12.4. The van der Waals surface area contributed by atoms with Crippen molar-refractivity contribution in [2.45, 2.75) is 13.2 Å². The summed E-state index contributed by atoms with van der Waals surface area (Å²) in [6, 6.07) is 2.66. The first kappa shape index (κ1) is 15.6. The predicted molar refractivity (Wildman–Crippen MR) is 72.2 cm³/mol. The van der Waals surface area contributed by atoms with Gasteiger partial charge in [-0.3, -0.25) is 4.79 Å². The summed E-state index contributed by atoms with van der Waals surface area (Å²) >= 11 is 8.87. The minimum absolute atomic E-state index is 0.00718. The molecule has 1 heterocycles. The molecule has 1 aromatic heterocycles. The number of hydrogen-bond acceptors (Lipinski definition) is 5. The third kappa shape index (κ3) is 4.33. The zero-order chi connectivity index (χ0) is 15.4. The van der Waals surface area contributed by atoms with Crippen LogP contribution in [0, 0.1) is 0 Å². The number of nitrogens with zero attached hydrogens (tertiary/aromatic N) is 4. The largest absolute Gasteiger partial charge is 0.431 e. The highest BCUT2D eigenvalue weighted by Gasteiger charge is 2.17. The number of rotatable bonds is 5. The fourth-order valence-corrected chi connectivity index (χ4v) is 2.36. The van der Waals surface area contributed by atoms with Crippen LogP contribution in [0.25, 0.3) is 0 Å². The molecule has 7 nitrogen and oxygen atoms in total. The molecule has 2 rings (SSSR count). The highest BCUT2D eigenvalue weighted by atomic mass is 79.9. The average Bonchev–Trinajstić information content (AvgIpc) is 2.85. The summed E-state index contributed by atoms with van der Waals surface area (Å²) in [5.41, 5.74) is 0.00718. The first-order valence-electron chi connectivity index (χ1n) is 5.40. The Kier molecular flexibility index (Phi) is 5.02. The molecule has 0 saturated heterocycles. The third-order valence-electron chi connectivity index (χ3n) is 2.19. The van der Waals surface area contributed by atoms with Gasteiger partial charge in [-0.15, -0.1) is 5.10 Å². The molecular formula is C10H7BrClF2N5O2. The zero-order valence-corrected chi connectivity index (χ0v) is 12.5. The lowest BCUT2D eigenvalue weighted by atomic mass is 10.3. The molecule has 112 valence electrons. The Bertz CT molecular complexity index is 641. The number of alkyl halides is 2. The summed E-state index contributed by atoms with van der Waals surface area (Å²) in [4.78, 5) is 11.8. The summed E-state index contributed by atoms with van der Waals surface area (Å²) in [7, 11) is 0. The molecule has 21 heavy (non-hydrogen) atoms. The number of carbonyl (C=O) groups is 1. The topological polar surface area (TPSA) is 81.9 Å². The van der Waals surface area contributed by atoms with Crippen LogP contribution in [0.4, 0.5) is 14.5 Å². The van der Waals surface area contributed by atoms with E-state index in [4.69, 9.17) is 11.6 Å². The van der Waals surface area contributed by atoms with Crippen LogP contribution in [0.3, 0.4) is 0 Å². The average molecular weight is 383 g/mol. The van der Waals surface area contributed by atoms with Gasteiger partial charge in [0.05, 0.1) is 10.2 Å². The lowest BCUT2D eigenvalue weighted by Gasteiger charge is -2.14. The van der Waals surface area contributed by atoms with Gasteiger partial charge < -0.3 is 10.1 Å². The Labute approximate surface area is 130 Å². The molecule has 11 heteroatoms. The number of nitrogens with one attached hydrogen (secondary N) is 1. The Morgan fingerprint density at radius 2 is 2.29 bits per heavy atom. The van der Waals surface area contributed by atoms with Crippen molar-refractivity contribution in [3.05, 3.63) is 28.0 Å². The summed E-state index contributed by atoms with van der Waals surface area (Å²) in [5, 5.41) is 12.9. The van der Waals surface area contributed by atoms with Crippen LogP contribution in [-0.4, -0.2) is 32.7 Å². The van der Waals surface area contributed by atoms with Gasteiger partial charge in [0.25, 0.3) is 0 Å². The molecule has 0 bridgehead atoms. The molecule has 0 aliphatic carbocycles. The Morgan fingerprint density at radius 3 is 2.90 bits per heavy atom. The second-order valence-electron chi connectivity index (χ2n) is 3.70. The van der Waals surface area contributed by atoms with Gasteiger partial charge in [0, 0.05) is 5.02 Å². The second kappa shape index (κ2) is 6.76. The van der Waals surface area contributed by atoms with Crippen molar-refractivity contribution < 1.29 is 18.3 Å². The van der Waals surface area contributed by atoms with Crippen molar-refractivity contribution >= 4 is 39.1 Å². The van der Waals surface area contributed by atoms with Crippen molar-refractivity contribution in [2.75, 3.05) is 5.32 Å². The second-order valence-corrected chi connectivity index (χ2v) is 4.99. The molecule has 1 aromatic carbocycles. The Hall–Kier alpha value is -1.81. The molecule has 0 aliphatic heterocycles. The molecule has 1 N–H and O–H groups in total. The van der Waals surface area contributed by atoms with E-state index in [1.54, 1.807) is 0 Å². The van der Waals surface area contributed by atoms with Crippen molar-refractivity contribution in [1.82, 2.24) is 20.2 Å². The van der Waals surface area contributed by atoms with Gasteiger partial charge in [0.2, 0.25) is 5.91 Å². The molecule has 1 amide bonds. The Balaban J connectivity index is 2.19. The molecule has 0 radical (unpaired) electrons. The number of aromatic nitrogens is 4. The summed E-state index contributed by atoms with van der Waals surface area (Å²) in [6.45, 7) is -3.23. The van der Waals surface area contributed by atoms with E-state index in [1.807, 2.05) is 0 Å². The number of ether oxygens (including phenoxy) is 1. The van der Waals surface area contributed by atoms with Gasteiger partial charge in [-0.1, -0.05) is 11.6 Å². The number of halogens is 4. The van der Waals surface area contributed by atoms with Crippen LogP contribution in [0.2, 0.25) is 5.02 Å². The van der Waals surface area contributed by atoms with E-state index >= 15 is 0 Å². The highest BCUT2D eigenvalue weighted by Crippen LogP contribution is 2.37. The van der Waals surface area contributed by atoms with Crippen molar-refractivity contribution in [3.63, 3.8) is 0 Å². The van der Waals surface area contributed by atoms with E-state index in [1.165, 1.54) is 23.1 Å². The van der Waals surface area contributed by atoms with E-state index in [-0.39, 0.29) is 27.5 Å². The van der Waals surface area contributed by atoms with Crippen LogP contribution in [0.5, 0.6) is 5.75 Å². The van der Waals surface area contributed by atoms with Crippen molar-refractivity contribution in [2.24, 2.45) is 0 Å². The smallest absolute Gasteiger partial charge is 0.387 e. The first-order chi connectivity index (χ1) is 9.95. The molecule has 0 fully saturated rings. The van der Waals surface area contributed by atoms with Gasteiger partial charge in [0.1, 0.15) is 12.9 Å². The monoisotopic (exact) mass is 381 g/mol. The molecule has 0 saturated carbocycles. The molecule has 0 unspecified atom stereocenters. The molecule has 0 spiro atoms. The normalized spacial score (nSPS) is 10.7.